The number of hydrogen-bond acceptors (Lipinski definition) is 3. The first-order chi connectivity index (χ1) is 12.0. The predicted molar refractivity (Wildman–Crippen MR) is 90.6 cm³/mol. The van der Waals surface area contributed by atoms with Crippen molar-refractivity contribution in [2.75, 3.05) is 19.1 Å². The monoisotopic (exact) mass is 372 g/mol. The molecule has 9 heteroatoms. The lowest BCUT2D eigenvalue weighted by atomic mass is 10.1. The average molecular weight is 373 g/mol. The summed E-state index contributed by atoms with van der Waals surface area (Å²) in [6, 6.07) is 3.88. The largest absolute Gasteiger partial charge is 0.373 e. The van der Waals surface area contributed by atoms with E-state index < -0.39 is 17.8 Å². The number of carbonyl (C=O) groups is 1. The molecular formula is C16H16ClF3N4O. The molecule has 0 unspecified atom stereocenters. The molecule has 0 fully saturated rings. The van der Waals surface area contributed by atoms with Gasteiger partial charge in [0.2, 0.25) is 6.41 Å². The van der Waals surface area contributed by atoms with Crippen LogP contribution in [0.1, 0.15) is 17.6 Å². The van der Waals surface area contributed by atoms with Gasteiger partial charge in [0.25, 0.3) is 6.43 Å². The van der Waals surface area contributed by atoms with Crippen LogP contribution in [0.5, 0.6) is 0 Å². The van der Waals surface area contributed by atoms with E-state index in [0.717, 1.165) is 6.07 Å². The Kier molecular flexibility index (Phi) is 6.58. The van der Waals surface area contributed by atoms with E-state index in [1.165, 1.54) is 17.0 Å². The Balaban J connectivity index is 2.29. The van der Waals surface area contributed by atoms with Gasteiger partial charge in [0.15, 0.2) is 5.84 Å². The van der Waals surface area contributed by atoms with Gasteiger partial charge < -0.3 is 10.2 Å². The highest BCUT2D eigenvalue weighted by Gasteiger charge is 2.24. The molecule has 1 N–H and O–H groups in total. The first-order valence-electron chi connectivity index (χ1n) is 7.30. The fraction of sp³-hybridized carbons (Fsp3) is 0.312. The number of aliphatic imine (C=N–C) groups is 2. The molecule has 1 aliphatic rings. The van der Waals surface area contributed by atoms with Crippen molar-refractivity contribution in [1.82, 2.24) is 10.2 Å². The molecule has 1 aromatic rings. The van der Waals surface area contributed by atoms with Gasteiger partial charge in [0, 0.05) is 16.8 Å². The molecule has 0 aliphatic carbocycles. The number of alkyl halides is 3. The molecule has 1 aromatic carbocycles. The van der Waals surface area contributed by atoms with Gasteiger partial charge in [-0.1, -0.05) is 18.2 Å². The molecule has 0 atom stereocenters. The maximum Gasteiger partial charge on any atom is 0.266 e. The van der Waals surface area contributed by atoms with Crippen LogP contribution in [0.2, 0.25) is 0 Å². The highest BCUT2D eigenvalue weighted by molar-refractivity contribution is 6.17. The fourth-order valence-electron chi connectivity index (χ4n) is 2.47. The van der Waals surface area contributed by atoms with Crippen molar-refractivity contribution in [1.29, 1.82) is 0 Å². The van der Waals surface area contributed by atoms with Crippen LogP contribution in [-0.2, 0) is 11.3 Å². The number of rotatable bonds is 7. The van der Waals surface area contributed by atoms with Crippen molar-refractivity contribution in [3.63, 3.8) is 0 Å². The van der Waals surface area contributed by atoms with Crippen LogP contribution in [-0.4, -0.2) is 43.0 Å². The summed E-state index contributed by atoms with van der Waals surface area (Å²) in [5.74, 6) is -0.780. The molecule has 1 amide bonds. The van der Waals surface area contributed by atoms with Crippen LogP contribution < -0.4 is 5.32 Å². The third-order valence-electron chi connectivity index (χ3n) is 3.68. The molecule has 1 aliphatic heterocycles. The number of benzene rings is 1. The Morgan fingerprint density at radius 1 is 1.44 bits per heavy atom. The molecule has 0 saturated carbocycles. The Labute approximate surface area is 147 Å². The van der Waals surface area contributed by atoms with Crippen LogP contribution in [0.3, 0.4) is 0 Å². The van der Waals surface area contributed by atoms with Crippen molar-refractivity contribution < 1.29 is 18.0 Å². The van der Waals surface area contributed by atoms with Gasteiger partial charge in [-0.3, -0.25) is 9.79 Å². The number of halogens is 4. The lowest BCUT2D eigenvalue weighted by Gasteiger charge is -2.08. The van der Waals surface area contributed by atoms with Gasteiger partial charge in [0.1, 0.15) is 5.82 Å². The molecular weight excluding hydrogens is 357 g/mol. The standard InChI is InChI=1S/C16H16ClF3N4O/c1-21-16(12-6-24(9-25)7-13(12)23-8-17)22-5-10-3-2-4-11(14(10)18)15(19)20/h2-4,9,15,23H,1,5-8H2. The second kappa shape index (κ2) is 8.66. The quantitative estimate of drug-likeness (QED) is 0.263. The summed E-state index contributed by atoms with van der Waals surface area (Å²) < 4.78 is 39.6. The van der Waals surface area contributed by atoms with Gasteiger partial charge in [-0.2, -0.15) is 0 Å². The summed E-state index contributed by atoms with van der Waals surface area (Å²) in [6.07, 6.45) is -2.23. The highest BCUT2D eigenvalue weighted by atomic mass is 35.5. The lowest BCUT2D eigenvalue weighted by Crippen LogP contribution is -2.22. The van der Waals surface area contributed by atoms with Gasteiger partial charge in [-0.05, 0) is 6.72 Å². The van der Waals surface area contributed by atoms with Gasteiger partial charge >= 0.3 is 0 Å². The first-order valence-corrected chi connectivity index (χ1v) is 7.83. The molecule has 5 nitrogen and oxygen atoms in total. The highest BCUT2D eigenvalue weighted by Crippen LogP contribution is 2.25. The minimum absolute atomic E-state index is 0.0247. The minimum atomic E-state index is -2.90. The molecule has 0 radical (unpaired) electrons. The number of hydrogen-bond donors (Lipinski definition) is 1. The van der Waals surface area contributed by atoms with Crippen LogP contribution in [0.25, 0.3) is 0 Å². The zero-order chi connectivity index (χ0) is 18.4. The van der Waals surface area contributed by atoms with Crippen molar-refractivity contribution in [2.24, 2.45) is 9.98 Å². The number of amidine groups is 1. The summed E-state index contributed by atoms with van der Waals surface area (Å²) in [4.78, 5) is 20.4. The maximum absolute atomic E-state index is 14.1. The van der Waals surface area contributed by atoms with Gasteiger partial charge in [0.05, 0.1) is 31.2 Å². The van der Waals surface area contributed by atoms with Crippen LogP contribution in [0.4, 0.5) is 13.2 Å². The fourth-order valence-corrected chi connectivity index (χ4v) is 2.63. The SMILES string of the molecule is C=NC(=NCc1cccc(C(F)F)c1F)C1=C(NCCl)CN(C=O)C1. The van der Waals surface area contributed by atoms with Crippen LogP contribution in [0.15, 0.2) is 39.5 Å². The topological polar surface area (TPSA) is 57.1 Å². The number of carbonyl (C=O) groups excluding carboxylic acids is 1. The first kappa shape index (κ1) is 19.0. The number of amides is 1. The van der Waals surface area contributed by atoms with Crippen molar-refractivity contribution >= 4 is 30.6 Å². The van der Waals surface area contributed by atoms with E-state index in [1.54, 1.807) is 0 Å². The van der Waals surface area contributed by atoms with E-state index in [0.29, 0.717) is 24.2 Å². The number of nitrogens with one attached hydrogen (secondary N) is 1. The van der Waals surface area contributed by atoms with Gasteiger partial charge in [-0.15, -0.1) is 11.6 Å². The van der Waals surface area contributed by atoms with Crippen molar-refractivity contribution in [3.8, 4) is 0 Å². The average Bonchev–Trinajstić information content (AvgIpc) is 3.00. The summed E-state index contributed by atoms with van der Waals surface area (Å²) >= 11 is 5.67. The molecule has 0 aromatic heterocycles. The van der Waals surface area contributed by atoms with E-state index in [1.807, 2.05) is 0 Å². The summed E-state index contributed by atoms with van der Waals surface area (Å²) in [5, 5.41) is 2.91. The smallest absolute Gasteiger partial charge is 0.266 e. The Morgan fingerprint density at radius 2 is 2.20 bits per heavy atom. The summed E-state index contributed by atoms with van der Waals surface area (Å²) in [7, 11) is 0. The normalized spacial score (nSPS) is 15.1. The lowest BCUT2D eigenvalue weighted by molar-refractivity contribution is -0.117. The van der Waals surface area contributed by atoms with E-state index in [4.69, 9.17) is 11.6 Å². The van der Waals surface area contributed by atoms with Gasteiger partial charge in [-0.25, -0.2) is 18.2 Å². The molecule has 0 saturated heterocycles. The van der Waals surface area contributed by atoms with E-state index in [-0.39, 0.29) is 30.5 Å². The zero-order valence-corrected chi connectivity index (χ0v) is 13.9. The second-order valence-electron chi connectivity index (χ2n) is 5.20. The molecule has 2 rings (SSSR count). The number of nitrogens with zero attached hydrogens (tertiary/aromatic N) is 3. The van der Waals surface area contributed by atoms with Crippen LogP contribution >= 0.6 is 11.6 Å². The van der Waals surface area contributed by atoms with Crippen LogP contribution in [0, 0.1) is 5.82 Å². The molecule has 0 bridgehead atoms. The van der Waals surface area contributed by atoms with E-state index in [2.05, 4.69) is 22.0 Å². The molecule has 1 heterocycles. The minimum Gasteiger partial charge on any atom is -0.373 e. The third kappa shape index (κ3) is 4.39. The maximum atomic E-state index is 14.1. The zero-order valence-electron chi connectivity index (χ0n) is 13.2. The second-order valence-corrected chi connectivity index (χ2v) is 5.46. The Hall–Kier alpha value is -2.35. The Morgan fingerprint density at radius 3 is 2.80 bits per heavy atom. The van der Waals surface area contributed by atoms with E-state index in [9.17, 15) is 18.0 Å². The summed E-state index contributed by atoms with van der Waals surface area (Å²) in [6.45, 7) is 3.82. The van der Waals surface area contributed by atoms with Crippen molar-refractivity contribution in [3.05, 3.63) is 46.4 Å². The predicted octanol–water partition coefficient (Wildman–Crippen LogP) is 2.87. The molecule has 25 heavy (non-hydrogen) atoms. The summed E-state index contributed by atoms with van der Waals surface area (Å²) in [5.41, 5.74) is 0.623. The molecule has 134 valence electrons. The Bertz CT molecular complexity index is 721. The molecule has 0 spiro atoms. The third-order valence-corrected chi connectivity index (χ3v) is 3.81. The van der Waals surface area contributed by atoms with Crippen molar-refractivity contribution in [2.45, 2.75) is 13.0 Å². The van der Waals surface area contributed by atoms with E-state index >= 15 is 0 Å².